The summed E-state index contributed by atoms with van der Waals surface area (Å²) in [5, 5.41) is 8.41. The van der Waals surface area contributed by atoms with E-state index in [1.807, 2.05) is 13.8 Å². The first-order chi connectivity index (χ1) is 22.2. The fourth-order valence-electron chi connectivity index (χ4n) is 5.16. The number of thiazole rings is 1. The van der Waals surface area contributed by atoms with Crippen LogP contribution in [0.25, 0.3) is 10.2 Å². The van der Waals surface area contributed by atoms with E-state index in [1.165, 1.54) is 24.3 Å². The normalized spacial score (nSPS) is 16.6. The Morgan fingerprint density at radius 3 is 2.40 bits per heavy atom. The third-order valence-corrected chi connectivity index (χ3v) is 8.63. The quantitative estimate of drug-likeness (QED) is 0.157. The number of nitrogens with zero attached hydrogens (tertiary/aromatic N) is 1. The maximum Gasteiger partial charge on any atom is 0.416 e. The van der Waals surface area contributed by atoms with Crippen molar-refractivity contribution in [2.75, 3.05) is 10.6 Å². The minimum absolute atomic E-state index is 0.0120. The number of benzene rings is 3. The second kappa shape index (κ2) is 14.0. The molecule has 0 saturated heterocycles. The third kappa shape index (κ3) is 8.61. The summed E-state index contributed by atoms with van der Waals surface area (Å²) in [4.78, 5) is 41.7. The molecular weight excluding hydrogens is 643 g/mol. The highest BCUT2D eigenvalue weighted by molar-refractivity contribution is 7.22. The van der Waals surface area contributed by atoms with E-state index in [9.17, 15) is 36.3 Å². The van der Waals surface area contributed by atoms with E-state index in [1.54, 1.807) is 0 Å². The van der Waals surface area contributed by atoms with E-state index in [-0.39, 0.29) is 63.1 Å². The summed E-state index contributed by atoms with van der Waals surface area (Å²) in [6, 6.07) is 10.2. The molecule has 0 radical (unpaired) electrons. The van der Waals surface area contributed by atoms with Gasteiger partial charge >= 0.3 is 6.18 Å². The molecule has 0 bridgehead atoms. The average Bonchev–Trinajstić information content (AvgIpc) is 3.39. The van der Waals surface area contributed by atoms with Crippen molar-refractivity contribution in [3.63, 3.8) is 0 Å². The van der Waals surface area contributed by atoms with Gasteiger partial charge < -0.3 is 20.7 Å². The van der Waals surface area contributed by atoms with E-state index >= 15 is 0 Å². The van der Waals surface area contributed by atoms with Crippen molar-refractivity contribution in [1.82, 2.24) is 10.3 Å². The van der Waals surface area contributed by atoms with Crippen LogP contribution < -0.4 is 20.7 Å². The predicted molar refractivity (Wildman–Crippen MR) is 167 cm³/mol. The molecule has 248 valence electrons. The molecule has 3 N–H and O–H groups in total. The van der Waals surface area contributed by atoms with Crippen LogP contribution in [0.2, 0.25) is 0 Å². The van der Waals surface area contributed by atoms with Gasteiger partial charge in [0.1, 0.15) is 11.6 Å². The number of halogens is 5. The van der Waals surface area contributed by atoms with E-state index in [2.05, 4.69) is 20.9 Å². The summed E-state index contributed by atoms with van der Waals surface area (Å²) >= 11 is 1.12. The van der Waals surface area contributed by atoms with E-state index in [0.717, 1.165) is 41.7 Å². The molecule has 47 heavy (non-hydrogen) atoms. The first-order valence-corrected chi connectivity index (χ1v) is 15.7. The minimum atomic E-state index is -4.58. The van der Waals surface area contributed by atoms with E-state index < -0.39 is 35.7 Å². The Balaban J connectivity index is 1.21. The molecule has 3 amide bonds. The van der Waals surface area contributed by atoms with Gasteiger partial charge in [-0.25, -0.2) is 13.8 Å². The highest BCUT2D eigenvalue weighted by atomic mass is 32.1. The lowest BCUT2D eigenvalue weighted by Gasteiger charge is -2.28. The fourth-order valence-corrected chi connectivity index (χ4v) is 6.04. The van der Waals surface area contributed by atoms with Gasteiger partial charge in [-0.15, -0.1) is 0 Å². The highest BCUT2D eigenvalue weighted by Crippen LogP contribution is 2.36. The molecule has 0 spiro atoms. The molecule has 0 atom stereocenters. The average molecular weight is 675 g/mol. The maximum absolute atomic E-state index is 15.0. The number of anilines is 2. The summed E-state index contributed by atoms with van der Waals surface area (Å²) in [6.45, 7) is 3.65. The number of aromatic nitrogens is 1. The van der Waals surface area contributed by atoms with Gasteiger partial charge in [0, 0.05) is 36.1 Å². The van der Waals surface area contributed by atoms with E-state index in [4.69, 9.17) is 4.74 Å². The standard InChI is InChI=1S/C33H31F5N4O4S/c1-17(2)30(44)39-21-8-6-19(7-9-21)31(45)42-32-41-26-15-24(35)27(16-28(26)47-32)46-22-10-11-23(34)25(14-22)40-29(43)13-18-4-3-5-20(12-18)33(36,37)38/h3-5,10-12,14-17,19,21H,6-9,13H2,1-2H3,(H,39,44)(H,40,43)(H,41,42,45). The molecule has 5 rings (SSSR count). The topological polar surface area (TPSA) is 109 Å². The van der Waals surface area contributed by atoms with Crippen LogP contribution in [0.4, 0.5) is 32.8 Å². The number of fused-ring (bicyclic) bond motifs is 1. The Morgan fingerprint density at radius 1 is 0.957 bits per heavy atom. The van der Waals surface area contributed by atoms with Gasteiger partial charge in [-0.05, 0) is 49.4 Å². The van der Waals surface area contributed by atoms with Gasteiger partial charge in [-0.1, -0.05) is 43.4 Å². The first-order valence-electron chi connectivity index (χ1n) is 14.9. The second-order valence-corrected chi connectivity index (χ2v) is 12.7. The molecule has 4 aromatic rings. The van der Waals surface area contributed by atoms with Crippen LogP contribution in [0.5, 0.6) is 11.5 Å². The fraction of sp³-hybridized carbons (Fsp3) is 0.333. The lowest BCUT2D eigenvalue weighted by Crippen LogP contribution is -2.41. The van der Waals surface area contributed by atoms with Gasteiger partial charge in [-0.2, -0.15) is 13.2 Å². The van der Waals surface area contributed by atoms with Gasteiger partial charge in [0.05, 0.1) is 27.9 Å². The zero-order chi connectivity index (χ0) is 33.9. The monoisotopic (exact) mass is 674 g/mol. The van der Waals surface area contributed by atoms with Gasteiger partial charge in [-0.3, -0.25) is 14.4 Å². The van der Waals surface area contributed by atoms with Crippen LogP contribution in [-0.4, -0.2) is 28.7 Å². The van der Waals surface area contributed by atoms with Crippen LogP contribution >= 0.6 is 11.3 Å². The smallest absolute Gasteiger partial charge is 0.416 e. The van der Waals surface area contributed by atoms with Crippen molar-refractivity contribution in [2.24, 2.45) is 11.8 Å². The van der Waals surface area contributed by atoms with Crippen LogP contribution in [0.1, 0.15) is 50.7 Å². The van der Waals surface area contributed by atoms with E-state index in [0.29, 0.717) is 30.4 Å². The molecule has 0 unspecified atom stereocenters. The zero-order valence-corrected chi connectivity index (χ0v) is 26.2. The number of rotatable bonds is 9. The Hall–Kier alpha value is -4.59. The van der Waals surface area contributed by atoms with Crippen molar-refractivity contribution in [2.45, 2.75) is 58.2 Å². The van der Waals surface area contributed by atoms with Crippen molar-refractivity contribution in [3.8, 4) is 11.5 Å². The number of ether oxygens (including phenoxy) is 1. The van der Waals surface area contributed by atoms with Gasteiger partial charge in [0.25, 0.3) is 0 Å². The lowest BCUT2D eigenvalue weighted by atomic mass is 9.85. The van der Waals surface area contributed by atoms with Gasteiger partial charge in [0.2, 0.25) is 17.7 Å². The summed E-state index contributed by atoms with van der Waals surface area (Å²) in [5.41, 5.74) is -0.844. The largest absolute Gasteiger partial charge is 0.454 e. The van der Waals surface area contributed by atoms with Crippen molar-refractivity contribution in [3.05, 3.63) is 77.4 Å². The number of hydrogen-bond acceptors (Lipinski definition) is 6. The van der Waals surface area contributed by atoms with Crippen LogP contribution in [0.3, 0.4) is 0 Å². The zero-order valence-electron chi connectivity index (χ0n) is 25.3. The van der Waals surface area contributed by atoms with Crippen molar-refractivity contribution in [1.29, 1.82) is 0 Å². The molecule has 1 heterocycles. The van der Waals surface area contributed by atoms with Crippen LogP contribution in [-0.2, 0) is 27.0 Å². The molecule has 8 nitrogen and oxygen atoms in total. The summed E-state index contributed by atoms with van der Waals surface area (Å²) in [6.07, 6.45) is -2.43. The summed E-state index contributed by atoms with van der Waals surface area (Å²) in [7, 11) is 0. The first kappa shape index (κ1) is 33.8. The molecule has 1 aliphatic rings. The second-order valence-electron chi connectivity index (χ2n) is 11.6. The SMILES string of the molecule is CC(C)C(=O)NC1CCC(C(=O)Nc2nc3cc(F)c(Oc4ccc(F)c(NC(=O)Cc5cccc(C(F)(F)F)c5)c4)cc3s2)CC1. The number of nitrogens with one attached hydrogen (secondary N) is 3. The van der Waals surface area contributed by atoms with Crippen LogP contribution in [0.15, 0.2) is 54.6 Å². The minimum Gasteiger partial charge on any atom is -0.454 e. The number of amides is 3. The maximum atomic E-state index is 15.0. The highest BCUT2D eigenvalue weighted by Gasteiger charge is 2.31. The van der Waals surface area contributed by atoms with Crippen molar-refractivity contribution >= 4 is 50.1 Å². The molecule has 1 aliphatic carbocycles. The molecule has 1 aromatic heterocycles. The Kier molecular flexibility index (Phi) is 10.1. The Labute approximate surface area is 270 Å². The molecule has 0 aliphatic heterocycles. The Bertz CT molecular complexity index is 1800. The molecule has 1 saturated carbocycles. The number of hydrogen-bond donors (Lipinski definition) is 3. The number of carbonyl (C=O) groups excluding carboxylic acids is 3. The van der Waals surface area contributed by atoms with Crippen LogP contribution in [0, 0.1) is 23.5 Å². The molecular formula is C33H31F5N4O4S. The molecule has 3 aromatic carbocycles. The van der Waals surface area contributed by atoms with Gasteiger partial charge in [0.15, 0.2) is 16.7 Å². The molecule has 1 fully saturated rings. The Morgan fingerprint density at radius 2 is 1.70 bits per heavy atom. The number of carbonyl (C=O) groups is 3. The summed E-state index contributed by atoms with van der Waals surface area (Å²) < 4.78 is 74.7. The van der Waals surface area contributed by atoms with Crippen molar-refractivity contribution < 1.29 is 41.1 Å². The molecule has 14 heteroatoms. The number of alkyl halides is 3. The lowest BCUT2D eigenvalue weighted by molar-refractivity contribution is -0.137. The third-order valence-electron chi connectivity index (χ3n) is 7.70. The predicted octanol–water partition coefficient (Wildman–Crippen LogP) is 7.84. The summed E-state index contributed by atoms with van der Waals surface area (Å²) in [5.74, 6) is -3.18.